The van der Waals surface area contributed by atoms with Gasteiger partial charge in [0.2, 0.25) is 0 Å². The van der Waals surface area contributed by atoms with E-state index in [1.54, 1.807) is 0 Å². The minimum Gasteiger partial charge on any atom is -0.306 e. The van der Waals surface area contributed by atoms with Gasteiger partial charge in [0.1, 0.15) is 0 Å². The van der Waals surface area contributed by atoms with Crippen LogP contribution in [0.3, 0.4) is 0 Å². The van der Waals surface area contributed by atoms with Crippen LogP contribution >= 0.6 is 0 Å². The molecule has 1 saturated heterocycles. The maximum atomic E-state index is 4.71. The van der Waals surface area contributed by atoms with Crippen LogP contribution in [-0.4, -0.2) is 18.3 Å². The Morgan fingerprint density at radius 1 is 1.28 bits per heavy atom. The van der Waals surface area contributed by atoms with Crippen molar-refractivity contribution in [2.24, 2.45) is 10.9 Å². The predicted octanol–water partition coefficient (Wildman–Crippen LogP) is 3.90. The minimum absolute atomic E-state index is 0.417. The molecule has 0 spiro atoms. The van der Waals surface area contributed by atoms with Gasteiger partial charge in [-0.05, 0) is 36.8 Å². The zero-order valence-corrected chi connectivity index (χ0v) is 11.9. The summed E-state index contributed by atoms with van der Waals surface area (Å²) in [7, 11) is 0. The normalized spacial score (nSPS) is 28.4. The molecular formula is C16H24N2. The van der Waals surface area contributed by atoms with Crippen LogP contribution in [0.1, 0.15) is 45.6 Å². The standard InChI is InChI=1S/C16H24N2/c1-11(2)14-7-5-6-8-15(14)17-10-16-12(3)9-13(4)18-16/h5-8,10-13,16,18H,9H2,1-4H3. The number of benzene rings is 1. The fraction of sp³-hybridized carbons (Fsp3) is 0.562. The summed E-state index contributed by atoms with van der Waals surface area (Å²) in [6.07, 6.45) is 3.33. The highest BCUT2D eigenvalue weighted by Gasteiger charge is 2.26. The van der Waals surface area contributed by atoms with E-state index in [0.717, 1.165) is 5.69 Å². The molecule has 1 fully saturated rings. The van der Waals surface area contributed by atoms with Gasteiger partial charge in [0.05, 0.1) is 5.69 Å². The van der Waals surface area contributed by atoms with Crippen LogP contribution in [0.15, 0.2) is 29.3 Å². The van der Waals surface area contributed by atoms with Crippen molar-refractivity contribution in [1.29, 1.82) is 0 Å². The molecule has 98 valence electrons. The lowest BCUT2D eigenvalue weighted by Gasteiger charge is -2.12. The Morgan fingerprint density at radius 3 is 2.61 bits per heavy atom. The zero-order valence-electron chi connectivity index (χ0n) is 11.9. The molecule has 0 aromatic heterocycles. The summed E-state index contributed by atoms with van der Waals surface area (Å²) in [6, 6.07) is 9.46. The van der Waals surface area contributed by atoms with Crippen molar-refractivity contribution in [2.75, 3.05) is 0 Å². The third kappa shape index (κ3) is 2.99. The monoisotopic (exact) mass is 244 g/mol. The molecule has 1 heterocycles. The molecule has 0 aliphatic carbocycles. The van der Waals surface area contributed by atoms with Gasteiger partial charge in [-0.25, -0.2) is 0 Å². The van der Waals surface area contributed by atoms with Crippen LogP contribution in [0.5, 0.6) is 0 Å². The van der Waals surface area contributed by atoms with Crippen LogP contribution < -0.4 is 5.32 Å². The molecule has 3 atom stereocenters. The lowest BCUT2D eigenvalue weighted by atomic mass is 10.0. The molecule has 1 aliphatic rings. The van der Waals surface area contributed by atoms with E-state index in [0.29, 0.717) is 23.9 Å². The van der Waals surface area contributed by atoms with Crippen molar-refractivity contribution in [3.05, 3.63) is 29.8 Å². The van der Waals surface area contributed by atoms with Crippen molar-refractivity contribution in [1.82, 2.24) is 5.32 Å². The van der Waals surface area contributed by atoms with Crippen molar-refractivity contribution in [2.45, 2.75) is 52.1 Å². The minimum atomic E-state index is 0.417. The van der Waals surface area contributed by atoms with Crippen molar-refractivity contribution in [3.63, 3.8) is 0 Å². The second-order valence-corrected chi connectivity index (χ2v) is 5.80. The summed E-state index contributed by atoms with van der Waals surface area (Å²) < 4.78 is 0. The van der Waals surface area contributed by atoms with Crippen molar-refractivity contribution < 1.29 is 0 Å². The van der Waals surface area contributed by atoms with Gasteiger partial charge < -0.3 is 5.32 Å². The molecule has 0 amide bonds. The summed E-state index contributed by atoms with van der Waals surface area (Å²) in [4.78, 5) is 4.71. The number of nitrogens with zero attached hydrogens (tertiary/aromatic N) is 1. The Hall–Kier alpha value is -1.15. The molecule has 2 rings (SSSR count). The maximum absolute atomic E-state index is 4.71. The lowest BCUT2D eigenvalue weighted by Crippen LogP contribution is -2.30. The molecule has 18 heavy (non-hydrogen) atoms. The molecule has 1 N–H and O–H groups in total. The molecule has 1 aromatic carbocycles. The highest BCUT2D eigenvalue weighted by molar-refractivity contribution is 5.70. The van der Waals surface area contributed by atoms with Crippen LogP contribution in [0.25, 0.3) is 0 Å². The summed E-state index contributed by atoms with van der Waals surface area (Å²) >= 11 is 0. The van der Waals surface area contributed by atoms with E-state index in [1.165, 1.54) is 12.0 Å². The SMILES string of the molecule is CC1CC(C)C(C=Nc2ccccc2C(C)C)N1. The van der Waals surface area contributed by atoms with Gasteiger partial charge in [-0.1, -0.05) is 39.0 Å². The molecule has 0 radical (unpaired) electrons. The van der Waals surface area contributed by atoms with Crippen LogP contribution in [0.4, 0.5) is 5.69 Å². The van der Waals surface area contributed by atoms with Crippen molar-refractivity contribution in [3.8, 4) is 0 Å². The number of hydrogen-bond donors (Lipinski definition) is 1. The topological polar surface area (TPSA) is 24.4 Å². The Balaban J connectivity index is 2.14. The molecule has 2 heteroatoms. The third-order valence-corrected chi connectivity index (χ3v) is 3.75. The Bertz CT molecular complexity index is 423. The van der Waals surface area contributed by atoms with Gasteiger partial charge in [-0.15, -0.1) is 0 Å². The van der Waals surface area contributed by atoms with Gasteiger partial charge in [0.25, 0.3) is 0 Å². The molecule has 0 bridgehead atoms. The predicted molar refractivity (Wildman–Crippen MR) is 78.8 cm³/mol. The van der Waals surface area contributed by atoms with Gasteiger partial charge >= 0.3 is 0 Å². The first-order chi connectivity index (χ1) is 8.58. The number of hydrogen-bond acceptors (Lipinski definition) is 2. The molecule has 1 aliphatic heterocycles. The average Bonchev–Trinajstić information content (AvgIpc) is 2.65. The molecule has 0 saturated carbocycles. The molecule has 2 nitrogen and oxygen atoms in total. The highest BCUT2D eigenvalue weighted by atomic mass is 15.0. The van der Waals surface area contributed by atoms with E-state index >= 15 is 0 Å². The highest BCUT2D eigenvalue weighted by Crippen LogP contribution is 2.26. The third-order valence-electron chi connectivity index (χ3n) is 3.75. The second kappa shape index (κ2) is 5.66. The average molecular weight is 244 g/mol. The van der Waals surface area contributed by atoms with Crippen LogP contribution in [-0.2, 0) is 0 Å². The summed E-state index contributed by atoms with van der Waals surface area (Å²) in [5, 5.41) is 3.57. The first-order valence-electron chi connectivity index (χ1n) is 6.97. The fourth-order valence-electron chi connectivity index (χ4n) is 2.71. The number of nitrogens with one attached hydrogen (secondary N) is 1. The Kier molecular flexibility index (Phi) is 4.18. The lowest BCUT2D eigenvalue weighted by molar-refractivity contribution is 0.592. The molecule has 1 aromatic rings. The quantitative estimate of drug-likeness (QED) is 0.801. The number of rotatable bonds is 3. The fourth-order valence-corrected chi connectivity index (χ4v) is 2.71. The molecular weight excluding hydrogens is 220 g/mol. The van der Waals surface area contributed by atoms with Gasteiger partial charge in [0.15, 0.2) is 0 Å². The zero-order chi connectivity index (χ0) is 13.1. The second-order valence-electron chi connectivity index (χ2n) is 5.80. The maximum Gasteiger partial charge on any atom is 0.0660 e. The number of aliphatic imine (C=N–C) groups is 1. The first kappa shape index (κ1) is 13.3. The van der Waals surface area contributed by atoms with Crippen LogP contribution in [0.2, 0.25) is 0 Å². The Morgan fingerprint density at radius 2 is 2.00 bits per heavy atom. The summed E-state index contributed by atoms with van der Waals surface area (Å²) in [5.74, 6) is 1.20. The Labute approximate surface area is 111 Å². The van der Waals surface area contributed by atoms with E-state index < -0.39 is 0 Å². The first-order valence-corrected chi connectivity index (χ1v) is 6.97. The van der Waals surface area contributed by atoms with Gasteiger partial charge in [-0.2, -0.15) is 0 Å². The van der Waals surface area contributed by atoms with Gasteiger partial charge in [0, 0.05) is 18.3 Å². The van der Waals surface area contributed by atoms with Crippen molar-refractivity contribution >= 4 is 11.9 Å². The van der Waals surface area contributed by atoms with E-state index in [-0.39, 0.29) is 0 Å². The number of para-hydroxylation sites is 1. The van der Waals surface area contributed by atoms with Gasteiger partial charge in [-0.3, -0.25) is 4.99 Å². The van der Waals surface area contributed by atoms with E-state index in [2.05, 4.69) is 63.5 Å². The summed E-state index contributed by atoms with van der Waals surface area (Å²) in [5.41, 5.74) is 2.44. The molecule has 3 unspecified atom stereocenters. The van der Waals surface area contributed by atoms with E-state index in [4.69, 9.17) is 4.99 Å². The van der Waals surface area contributed by atoms with E-state index in [9.17, 15) is 0 Å². The summed E-state index contributed by atoms with van der Waals surface area (Å²) in [6.45, 7) is 8.97. The van der Waals surface area contributed by atoms with Crippen LogP contribution in [0, 0.1) is 5.92 Å². The van der Waals surface area contributed by atoms with E-state index in [1.807, 2.05) is 0 Å². The smallest absolute Gasteiger partial charge is 0.0660 e. The largest absolute Gasteiger partial charge is 0.306 e.